The molecule has 3 atom stereocenters. The Morgan fingerprint density at radius 2 is 1.75 bits per heavy atom. The first-order valence-electron chi connectivity index (χ1n) is 19.6. The van der Waals surface area contributed by atoms with Gasteiger partial charge in [-0.05, 0) is 108 Å². The molecule has 1 saturated carbocycles. The summed E-state index contributed by atoms with van der Waals surface area (Å²) in [6, 6.07) is 7.57. The van der Waals surface area contributed by atoms with E-state index in [9.17, 15) is 37.1 Å². The maximum absolute atomic E-state index is 13.6. The van der Waals surface area contributed by atoms with Crippen LogP contribution in [0.5, 0.6) is 0 Å². The normalized spacial score (nSPS) is 25.4. The summed E-state index contributed by atoms with van der Waals surface area (Å²) < 4.78 is 47.8. The van der Waals surface area contributed by atoms with Crippen molar-refractivity contribution in [2.75, 3.05) is 38.1 Å². The highest BCUT2D eigenvalue weighted by Crippen LogP contribution is 2.42. The fraction of sp³-hybridized carbons (Fsp3) is 0.575. The van der Waals surface area contributed by atoms with Crippen molar-refractivity contribution >= 4 is 59.8 Å². The number of nitrogens with zero attached hydrogens (tertiary/aromatic N) is 6. The van der Waals surface area contributed by atoms with Crippen LogP contribution in [0.2, 0.25) is 0 Å². The van der Waals surface area contributed by atoms with Gasteiger partial charge in [0.1, 0.15) is 11.4 Å². The zero-order valence-corrected chi connectivity index (χ0v) is 35.1. The number of aromatic nitrogens is 1. The molecule has 1 aromatic heterocycles. The number of nitrogens with one attached hydrogen (secondary N) is 2. The number of alkyl halides is 3. The van der Waals surface area contributed by atoms with Gasteiger partial charge in [0, 0.05) is 61.9 Å². The number of ether oxygens (including phenoxy) is 1. The Morgan fingerprint density at radius 3 is 2.36 bits per heavy atom. The summed E-state index contributed by atoms with van der Waals surface area (Å²) in [6.07, 6.45) is 0.976. The Balaban J connectivity index is 0.00000661. The highest BCUT2D eigenvalue weighted by Gasteiger charge is 2.55. The summed E-state index contributed by atoms with van der Waals surface area (Å²) in [5.74, 6) is -1.35. The van der Waals surface area contributed by atoms with Gasteiger partial charge in [0.2, 0.25) is 17.7 Å². The third kappa shape index (κ3) is 10.5. The van der Waals surface area contributed by atoms with Gasteiger partial charge in [-0.3, -0.25) is 29.4 Å². The summed E-state index contributed by atoms with van der Waals surface area (Å²) >= 11 is 0.635. The van der Waals surface area contributed by atoms with Crippen molar-refractivity contribution < 1.29 is 41.9 Å². The van der Waals surface area contributed by atoms with Gasteiger partial charge in [0.15, 0.2) is 0 Å². The lowest BCUT2D eigenvalue weighted by Crippen LogP contribution is -2.58. The standard InChI is InChI=1S/C40H49F3N8O6S.ClH/c1-24-21-48(22-25(2)49(24)23-35(53)46-33-14-7-27(20-45-33)31-13-15-34(52)47-36(31)54)16-5-17-57-29-10-8-28(9-11-29)50-38(56)51(37(55)39(50,3)4)58-30-12-6-26(19-44)32(18-30)40(41,42)43;/h6-7,12,14,18,20,24-25,28-29,31H,5,8-11,13,15-17,21-23H2,1-4H3,(H,45,46,53)(H,47,52,54);1H/t24-,25+,28?,29?,31?;. The van der Waals surface area contributed by atoms with Gasteiger partial charge in [-0.1, -0.05) is 6.07 Å². The first kappa shape index (κ1) is 45.8. The zero-order valence-electron chi connectivity index (χ0n) is 33.4. The number of amides is 6. The highest BCUT2D eigenvalue weighted by molar-refractivity contribution is 7.98. The number of pyridine rings is 1. The number of piperidine rings is 1. The monoisotopic (exact) mass is 862 g/mol. The van der Waals surface area contributed by atoms with Crippen molar-refractivity contribution in [2.24, 2.45) is 0 Å². The number of benzene rings is 1. The molecule has 0 spiro atoms. The Hall–Kier alpha value is -4.28. The number of carbonyl (C=O) groups excluding carboxylic acids is 5. The smallest absolute Gasteiger partial charge is 0.378 e. The van der Waals surface area contributed by atoms with Crippen LogP contribution < -0.4 is 10.6 Å². The fourth-order valence-corrected chi connectivity index (χ4v) is 9.48. The maximum atomic E-state index is 13.6. The molecule has 3 aliphatic heterocycles. The number of nitriles is 1. The fourth-order valence-electron chi connectivity index (χ4n) is 8.50. The zero-order chi connectivity index (χ0) is 41.9. The molecule has 4 fully saturated rings. The quantitative estimate of drug-likeness (QED) is 0.116. The SMILES string of the molecule is C[C@@H]1CN(CCCOC2CCC(N3C(=O)N(Sc4ccc(C#N)c(C(F)(F)F)c4)C(=O)C3(C)C)CC2)C[C@H](C)N1CC(=O)Nc1ccc(C2CCC(=O)NC2=O)cn1.Cl. The van der Waals surface area contributed by atoms with E-state index in [-0.39, 0.29) is 72.2 Å². The molecule has 1 aliphatic carbocycles. The van der Waals surface area contributed by atoms with E-state index in [0.717, 1.165) is 42.5 Å². The molecule has 6 amide bonds. The molecular weight excluding hydrogens is 813 g/mol. The second-order valence-electron chi connectivity index (χ2n) is 16.0. The molecule has 4 heterocycles. The minimum absolute atomic E-state index is 0. The van der Waals surface area contributed by atoms with Crippen molar-refractivity contribution in [3.05, 3.63) is 53.2 Å². The molecule has 3 saturated heterocycles. The van der Waals surface area contributed by atoms with Gasteiger partial charge in [0.05, 0.1) is 35.8 Å². The van der Waals surface area contributed by atoms with Crippen LogP contribution in [-0.2, 0) is 30.1 Å². The number of halogens is 4. The van der Waals surface area contributed by atoms with Crippen LogP contribution >= 0.6 is 24.4 Å². The van der Waals surface area contributed by atoms with E-state index in [1.165, 1.54) is 12.1 Å². The van der Waals surface area contributed by atoms with Crippen molar-refractivity contribution in [2.45, 2.75) is 119 Å². The van der Waals surface area contributed by atoms with Gasteiger partial charge < -0.3 is 19.9 Å². The van der Waals surface area contributed by atoms with Gasteiger partial charge in [0.25, 0.3) is 5.91 Å². The third-order valence-electron chi connectivity index (χ3n) is 11.5. The summed E-state index contributed by atoms with van der Waals surface area (Å²) in [5, 5.41) is 14.3. The number of urea groups is 1. The van der Waals surface area contributed by atoms with Gasteiger partial charge >= 0.3 is 12.2 Å². The average Bonchev–Trinajstić information content (AvgIpc) is 3.33. The lowest BCUT2D eigenvalue weighted by molar-refractivity contribution is -0.138. The van der Waals surface area contributed by atoms with Crippen LogP contribution in [0, 0.1) is 11.3 Å². The van der Waals surface area contributed by atoms with Crippen LogP contribution in [0.1, 0.15) is 95.2 Å². The van der Waals surface area contributed by atoms with E-state index in [4.69, 9.17) is 10.00 Å². The summed E-state index contributed by atoms with van der Waals surface area (Å²) in [4.78, 5) is 74.1. The summed E-state index contributed by atoms with van der Waals surface area (Å²) in [6.45, 7) is 10.7. The maximum Gasteiger partial charge on any atom is 0.417 e. The molecule has 1 aromatic carbocycles. The molecule has 2 N–H and O–H groups in total. The number of piperazine rings is 1. The molecule has 0 bridgehead atoms. The molecule has 4 aliphatic rings. The minimum Gasteiger partial charge on any atom is -0.378 e. The molecule has 14 nitrogen and oxygen atoms in total. The molecule has 1 unspecified atom stereocenters. The lowest BCUT2D eigenvalue weighted by atomic mass is 9.89. The molecular formula is C40H50ClF3N8O6S. The molecule has 0 radical (unpaired) electrons. The predicted molar refractivity (Wildman–Crippen MR) is 214 cm³/mol. The number of carbonyl (C=O) groups is 5. The number of rotatable bonds is 12. The lowest BCUT2D eigenvalue weighted by Gasteiger charge is -2.44. The number of imide groups is 2. The first-order valence-corrected chi connectivity index (χ1v) is 20.4. The summed E-state index contributed by atoms with van der Waals surface area (Å²) in [5.41, 5.74) is -2.14. The van der Waals surface area contributed by atoms with E-state index < -0.39 is 40.7 Å². The Labute approximate surface area is 352 Å². The van der Waals surface area contributed by atoms with Gasteiger partial charge in [-0.2, -0.15) is 22.7 Å². The van der Waals surface area contributed by atoms with Crippen LogP contribution in [0.3, 0.4) is 0 Å². The molecule has 59 heavy (non-hydrogen) atoms. The Kier molecular flexibility index (Phi) is 14.7. The van der Waals surface area contributed by atoms with Crippen molar-refractivity contribution in [3.63, 3.8) is 0 Å². The molecule has 2 aromatic rings. The van der Waals surface area contributed by atoms with E-state index in [1.54, 1.807) is 37.1 Å². The number of hydrogen-bond donors (Lipinski definition) is 2. The highest BCUT2D eigenvalue weighted by atomic mass is 35.5. The van der Waals surface area contributed by atoms with Crippen LogP contribution in [0.4, 0.5) is 23.8 Å². The summed E-state index contributed by atoms with van der Waals surface area (Å²) in [7, 11) is 0. The largest absolute Gasteiger partial charge is 0.417 e. The Morgan fingerprint density at radius 1 is 1.05 bits per heavy atom. The second-order valence-corrected chi connectivity index (χ2v) is 17.1. The van der Waals surface area contributed by atoms with Crippen LogP contribution in [-0.4, -0.2) is 116 Å². The predicted octanol–water partition coefficient (Wildman–Crippen LogP) is 5.72. The second kappa shape index (κ2) is 19.0. The van der Waals surface area contributed by atoms with Crippen LogP contribution in [0.25, 0.3) is 0 Å². The first-order chi connectivity index (χ1) is 27.5. The molecule has 6 rings (SSSR count). The Bertz CT molecular complexity index is 1930. The van der Waals surface area contributed by atoms with Crippen molar-refractivity contribution in [3.8, 4) is 6.07 Å². The van der Waals surface area contributed by atoms with E-state index in [0.29, 0.717) is 62.0 Å². The van der Waals surface area contributed by atoms with Gasteiger partial charge in [-0.25, -0.2) is 9.78 Å². The van der Waals surface area contributed by atoms with E-state index in [2.05, 4.69) is 39.3 Å². The third-order valence-corrected chi connectivity index (χ3v) is 12.5. The topological polar surface area (TPSA) is 168 Å². The number of hydrogen-bond acceptors (Lipinski definition) is 11. The number of anilines is 1. The minimum atomic E-state index is -4.76. The molecule has 19 heteroatoms. The van der Waals surface area contributed by atoms with Crippen molar-refractivity contribution in [1.82, 2.24) is 29.3 Å². The van der Waals surface area contributed by atoms with E-state index >= 15 is 0 Å². The molecule has 320 valence electrons. The van der Waals surface area contributed by atoms with Crippen molar-refractivity contribution in [1.29, 1.82) is 5.26 Å². The van der Waals surface area contributed by atoms with E-state index in [1.807, 2.05) is 0 Å². The van der Waals surface area contributed by atoms with Crippen LogP contribution in [0.15, 0.2) is 41.4 Å². The average molecular weight is 863 g/mol. The van der Waals surface area contributed by atoms with Gasteiger partial charge in [-0.15, -0.1) is 12.4 Å².